The van der Waals surface area contributed by atoms with Crippen LogP contribution in [0.2, 0.25) is 0 Å². The molecule has 0 unspecified atom stereocenters. The lowest BCUT2D eigenvalue weighted by Crippen LogP contribution is -2.06. The molecule has 1 aliphatic rings. The summed E-state index contributed by atoms with van der Waals surface area (Å²) >= 11 is 0. The first-order valence-corrected chi connectivity index (χ1v) is 9.90. The van der Waals surface area contributed by atoms with Crippen LogP contribution in [0.15, 0.2) is 40.8 Å². The first-order valence-electron chi connectivity index (χ1n) is 9.90. The third-order valence-electron chi connectivity index (χ3n) is 5.21. The van der Waals surface area contributed by atoms with Gasteiger partial charge in [-0.25, -0.2) is 4.79 Å². The maximum absolute atomic E-state index is 12.3. The molecule has 29 heavy (non-hydrogen) atoms. The van der Waals surface area contributed by atoms with Crippen LogP contribution in [0.3, 0.4) is 0 Å². The molecule has 1 atom stereocenters. The van der Waals surface area contributed by atoms with Crippen LogP contribution in [0.1, 0.15) is 60.3 Å². The molecule has 4 rings (SSSR count). The number of hydrogen-bond acceptors (Lipinski definition) is 5. The summed E-state index contributed by atoms with van der Waals surface area (Å²) in [6.45, 7) is 7.92. The minimum Gasteiger partial charge on any atom is -0.449 e. The molecule has 1 aromatic carbocycles. The van der Waals surface area contributed by atoms with Crippen molar-refractivity contribution < 1.29 is 13.9 Å². The van der Waals surface area contributed by atoms with E-state index in [2.05, 4.69) is 34.7 Å². The van der Waals surface area contributed by atoms with Crippen molar-refractivity contribution in [1.29, 1.82) is 0 Å². The Labute approximate surface area is 170 Å². The van der Waals surface area contributed by atoms with Crippen LogP contribution in [-0.4, -0.2) is 20.7 Å². The van der Waals surface area contributed by atoms with Crippen LogP contribution in [-0.2, 0) is 9.53 Å². The number of hydrogen-bond donors (Lipinski definition) is 0. The van der Waals surface area contributed by atoms with Gasteiger partial charge in [0, 0.05) is 29.1 Å². The number of carbonyl (C=O) groups excluding carboxylic acids is 1. The average Bonchev–Trinajstić information content (AvgIpc) is 3.31. The Morgan fingerprint density at radius 2 is 1.93 bits per heavy atom. The number of aryl methyl sites for hydroxylation is 2. The van der Waals surface area contributed by atoms with E-state index < -0.39 is 12.1 Å². The lowest BCUT2D eigenvalue weighted by molar-refractivity contribution is -0.143. The number of esters is 1. The second kappa shape index (κ2) is 7.70. The van der Waals surface area contributed by atoms with Crippen molar-refractivity contribution in [2.75, 3.05) is 0 Å². The van der Waals surface area contributed by atoms with E-state index in [-0.39, 0.29) is 5.89 Å². The highest BCUT2D eigenvalue weighted by atomic mass is 16.6. The van der Waals surface area contributed by atoms with E-state index in [9.17, 15) is 4.79 Å². The van der Waals surface area contributed by atoms with Crippen molar-refractivity contribution in [3.8, 4) is 11.5 Å². The molecule has 2 aromatic heterocycles. The Kier molecular flexibility index (Phi) is 5.09. The van der Waals surface area contributed by atoms with E-state index in [1.807, 2.05) is 37.3 Å². The number of ether oxygens (including phenoxy) is 1. The minimum absolute atomic E-state index is 0.272. The summed E-state index contributed by atoms with van der Waals surface area (Å²) in [6.07, 6.45) is 5.09. The second-order valence-corrected chi connectivity index (χ2v) is 7.65. The molecule has 0 bridgehead atoms. The number of rotatable bonds is 6. The van der Waals surface area contributed by atoms with Gasteiger partial charge in [-0.05, 0) is 70.4 Å². The van der Waals surface area contributed by atoms with Crippen molar-refractivity contribution in [3.63, 3.8) is 0 Å². The highest BCUT2D eigenvalue weighted by molar-refractivity contribution is 5.87. The van der Waals surface area contributed by atoms with Gasteiger partial charge in [-0.1, -0.05) is 17.7 Å². The number of carbonyl (C=O) groups is 1. The number of aromatic nitrogens is 3. The fraction of sp³-hybridized carbons (Fsp3) is 0.348. The predicted octanol–water partition coefficient (Wildman–Crippen LogP) is 5.12. The summed E-state index contributed by atoms with van der Waals surface area (Å²) in [6, 6.07) is 10.5. The molecule has 0 radical (unpaired) electrons. The highest BCUT2D eigenvalue weighted by Gasteiger charge is 2.26. The van der Waals surface area contributed by atoms with Gasteiger partial charge in [0.05, 0.1) is 0 Å². The molecule has 0 N–H and O–H groups in total. The van der Waals surface area contributed by atoms with Crippen LogP contribution >= 0.6 is 0 Å². The standard InChI is InChI=1S/C23H25N3O3/c1-14-5-7-18(8-6-14)23-25-24-22(29-23)17(4)28-21(27)12-9-19-13-15(2)26(16(19)3)20-10-11-20/h5-9,12-13,17,20H,10-11H2,1-4H3/b12-9+/t17-/m0/s1. The molecule has 6 heteroatoms. The van der Waals surface area contributed by atoms with Crippen LogP contribution < -0.4 is 0 Å². The van der Waals surface area contributed by atoms with Gasteiger partial charge in [-0.3, -0.25) is 0 Å². The van der Waals surface area contributed by atoms with E-state index in [0.717, 1.165) is 16.7 Å². The van der Waals surface area contributed by atoms with Gasteiger partial charge in [-0.15, -0.1) is 10.2 Å². The predicted molar refractivity (Wildman–Crippen MR) is 110 cm³/mol. The van der Waals surface area contributed by atoms with Gasteiger partial charge in [-0.2, -0.15) is 0 Å². The summed E-state index contributed by atoms with van der Waals surface area (Å²) in [5.74, 6) is 0.240. The highest BCUT2D eigenvalue weighted by Crippen LogP contribution is 2.38. The molecule has 1 saturated carbocycles. The lowest BCUT2D eigenvalue weighted by Gasteiger charge is -2.07. The van der Waals surface area contributed by atoms with Crippen molar-refractivity contribution in [2.24, 2.45) is 0 Å². The summed E-state index contributed by atoms with van der Waals surface area (Å²) in [5, 5.41) is 8.08. The maximum Gasteiger partial charge on any atom is 0.331 e. The normalized spacial score (nSPS) is 15.0. The minimum atomic E-state index is -0.627. The van der Waals surface area contributed by atoms with Crippen molar-refractivity contribution in [2.45, 2.75) is 52.7 Å². The van der Waals surface area contributed by atoms with Gasteiger partial charge in [0.25, 0.3) is 5.89 Å². The zero-order valence-corrected chi connectivity index (χ0v) is 17.2. The SMILES string of the molecule is Cc1ccc(-c2nnc([C@H](C)OC(=O)/C=C/c3cc(C)n(C4CC4)c3C)o2)cc1. The van der Waals surface area contributed by atoms with E-state index in [1.54, 1.807) is 6.92 Å². The smallest absolute Gasteiger partial charge is 0.331 e. The molecule has 1 aliphatic carbocycles. The summed E-state index contributed by atoms with van der Waals surface area (Å²) < 4.78 is 13.5. The Morgan fingerprint density at radius 1 is 1.21 bits per heavy atom. The van der Waals surface area contributed by atoms with Gasteiger partial charge in [0.2, 0.25) is 5.89 Å². The van der Waals surface area contributed by atoms with Gasteiger partial charge < -0.3 is 13.7 Å². The molecule has 1 fully saturated rings. The van der Waals surface area contributed by atoms with E-state index in [1.165, 1.54) is 30.3 Å². The maximum atomic E-state index is 12.3. The molecule has 2 heterocycles. The van der Waals surface area contributed by atoms with Gasteiger partial charge >= 0.3 is 5.97 Å². The third-order valence-corrected chi connectivity index (χ3v) is 5.21. The largest absolute Gasteiger partial charge is 0.449 e. The van der Waals surface area contributed by atoms with E-state index in [4.69, 9.17) is 9.15 Å². The molecule has 0 aliphatic heterocycles. The molecular weight excluding hydrogens is 366 g/mol. The number of benzene rings is 1. The zero-order chi connectivity index (χ0) is 20.5. The first-order chi connectivity index (χ1) is 13.9. The van der Waals surface area contributed by atoms with Crippen LogP contribution in [0.25, 0.3) is 17.5 Å². The fourth-order valence-electron chi connectivity index (χ4n) is 3.50. The van der Waals surface area contributed by atoms with Crippen molar-refractivity contribution in [1.82, 2.24) is 14.8 Å². The van der Waals surface area contributed by atoms with Gasteiger partial charge in [0.15, 0.2) is 6.10 Å². The Balaban J connectivity index is 1.40. The monoisotopic (exact) mass is 391 g/mol. The van der Waals surface area contributed by atoms with Crippen LogP contribution in [0.4, 0.5) is 0 Å². The summed E-state index contributed by atoms with van der Waals surface area (Å²) in [7, 11) is 0. The summed E-state index contributed by atoms with van der Waals surface area (Å²) in [5.41, 5.74) is 5.43. The molecule has 6 nitrogen and oxygen atoms in total. The fourth-order valence-corrected chi connectivity index (χ4v) is 3.50. The third kappa shape index (κ3) is 4.16. The molecule has 0 amide bonds. The quantitative estimate of drug-likeness (QED) is 0.431. The van der Waals surface area contributed by atoms with E-state index in [0.29, 0.717) is 11.9 Å². The lowest BCUT2D eigenvalue weighted by atomic mass is 10.1. The molecular formula is C23H25N3O3. The van der Waals surface area contributed by atoms with Gasteiger partial charge in [0.1, 0.15) is 0 Å². The number of nitrogens with zero attached hydrogens (tertiary/aromatic N) is 3. The van der Waals surface area contributed by atoms with Crippen molar-refractivity contribution in [3.05, 3.63) is 64.8 Å². The Morgan fingerprint density at radius 3 is 2.62 bits per heavy atom. The van der Waals surface area contributed by atoms with Crippen LogP contribution in [0.5, 0.6) is 0 Å². The average molecular weight is 391 g/mol. The second-order valence-electron chi connectivity index (χ2n) is 7.65. The molecule has 0 spiro atoms. The summed E-state index contributed by atoms with van der Waals surface area (Å²) in [4.78, 5) is 12.3. The Hall–Kier alpha value is -3.15. The molecule has 150 valence electrons. The Bertz CT molecular complexity index is 1060. The first kappa shape index (κ1) is 19.2. The van der Waals surface area contributed by atoms with Crippen molar-refractivity contribution >= 4 is 12.0 Å². The topological polar surface area (TPSA) is 70.2 Å². The molecule has 0 saturated heterocycles. The van der Waals surface area contributed by atoms with E-state index >= 15 is 0 Å². The zero-order valence-electron chi connectivity index (χ0n) is 17.2. The van der Waals surface area contributed by atoms with Crippen LogP contribution in [0, 0.1) is 20.8 Å². The molecule has 3 aromatic rings.